The molecular formula is C14H27N2O2+. The molecule has 1 fully saturated rings. The fourth-order valence-corrected chi connectivity index (χ4v) is 2.36. The Balaban J connectivity index is 2.43. The SMILES string of the molecule is CN(C)C/C=C/C(=O)OC(C)(C)C1CC[NH2+]CC1. The predicted molar refractivity (Wildman–Crippen MR) is 72.2 cm³/mol. The summed E-state index contributed by atoms with van der Waals surface area (Å²) in [6.07, 6.45) is 5.63. The first kappa shape index (κ1) is 15.2. The van der Waals surface area contributed by atoms with E-state index in [9.17, 15) is 4.79 Å². The number of nitrogens with zero attached hydrogens (tertiary/aromatic N) is 1. The molecule has 1 aliphatic rings. The Morgan fingerprint density at radius 3 is 2.56 bits per heavy atom. The molecule has 0 aromatic heterocycles. The highest BCUT2D eigenvalue weighted by Gasteiger charge is 2.34. The standard InChI is InChI=1S/C14H26N2O2/c1-14(2,12-7-9-15-10-8-12)18-13(17)6-5-11-16(3)4/h5-6,12,15H,7-11H2,1-4H3/p+1/b6-5+. The van der Waals surface area contributed by atoms with Crippen molar-refractivity contribution in [1.82, 2.24) is 4.90 Å². The van der Waals surface area contributed by atoms with Crippen LogP contribution >= 0.6 is 0 Å². The number of esters is 1. The lowest BCUT2D eigenvalue weighted by Gasteiger charge is -2.35. The van der Waals surface area contributed by atoms with Crippen LogP contribution in [0.4, 0.5) is 0 Å². The molecule has 4 heteroatoms. The quantitative estimate of drug-likeness (QED) is 0.571. The molecule has 0 radical (unpaired) electrons. The molecule has 0 unspecified atom stereocenters. The van der Waals surface area contributed by atoms with Crippen LogP contribution in [0.5, 0.6) is 0 Å². The lowest BCUT2D eigenvalue weighted by Crippen LogP contribution is -2.86. The summed E-state index contributed by atoms with van der Waals surface area (Å²) in [6.45, 7) is 7.10. The van der Waals surface area contributed by atoms with Gasteiger partial charge in [0.2, 0.25) is 0 Å². The molecule has 0 spiro atoms. The average molecular weight is 255 g/mol. The van der Waals surface area contributed by atoms with E-state index >= 15 is 0 Å². The van der Waals surface area contributed by atoms with Gasteiger partial charge in [0.05, 0.1) is 13.1 Å². The van der Waals surface area contributed by atoms with Gasteiger partial charge >= 0.3 is 5.97 Å². The van der Waals surface area contributed by atoms with Gasteiger partial charge in [-0.3, -0.25) is 0 Å². The molecule has 1 aliphatic heterocycles. The van der Waals surface area contributed by atoms with E-state index in [1.807, 2.05) is 38.9 Å². The van der Waals surface area contributed by atoms with Crippen molar-refractivity contribution in [2.75, 3.05) is 33.7 Å². The number of likely N-dealkylation sites (N-methyl/N-ethyl adjacent to an activating group) is 1. The molecule has 0 amide bonds. The summed E-state index contributed by atoms with van der Waals surface area (Å²) in [5.41, 5.74) is -0.353. The van der Waals surface area contributed by atoms with E-state index < -0.39 is 0 Å². The third kappa shape index (κ3) is 5.19. The van der Waals surface area contributed by atoms with Crippen LogP contribution in [0, 0.1) is 5.92 Å². The number of rotatable bonds is 5. The van der Waals surface area contributed by atoms with E-state index in [1.54, 1.807) is 0 Å². The number of quaternary nitrogens is 1. The molecule has 18 heavy (non-hydrogen) atoms. The molecule has 0 saturated carbocycles. The smallest absolute Gasteiger partial charge is 0.331 e. The van der Waals surface area contributed by atoms with E-state index in [2.05, 4.69) is 5.32 Å². The second-order valence-electron chi connectivity index (χ2n) is 5.83. The highest BCUT2D eigenvalue weighted by Crippen LogP contribution is 2.27. The van der Waals surface area contributed by atoms with Crippen LogP contribution in [-0.2, 0) is 9.53 Å². The molecule has 0 aromatic rings. The second-order valence-corrected chi connectivity index (χ2v) is 5.83. The minimum absolute atomic E-state index is 0.226. The van der Waals surface area contributed by atoms with Crippen LogP contribution < -0.4 is 5.32 Å². The van der Waals surface area contributed by atoms with Crippen molar-refractivity contribution in [2.24, 2.45) is 5.92 Å². The zero-order chi connectivity index (χ0) is 13.6. The van der Waals surface area contributed by atoms with E-state index in [-0.39, 0.29) is 11.6 Å². The van der Waals surface area contributed by atoms with Gasteiger partial charge in [-0.25, -0.2) is 4.79 Å². The highest BCUT2D eigenvalue weighted by molar-refractivity contribution is 5.82. The van der Waals surface area contributed by atoms with Crippen molar-refractivity contribution in [3.63, 3.8) is 0 Å². The van der Waals surface area contributed by atoms with Crippen molar-refractivity contribution in [3.05, 3.63) is 12.2 Å². The topological polar surface area (TPSA) is 46.2 Å². The Morgan fingerprint density at radius 2 is 2.00 bits per heavy atom. The molecule has 0 aromatic carbocycles. The zero-order valence-corrected chi connectivity index (χ0v) is 12.1. The Hall–Kier alpha value is -0.870. The summed E-state index contributed by atoms with van der Waals surface area (Å²) in [6, 6.07) is 0. The molecule has 1 rings (SSSR count). The van der Waals surface area contributed by atoms with E-state index in [4.69, 9.17) is 4.74 Å². The van der Waals surface area contributed by atoms with Crippen LogP contribution in [0.1, 0.15) is 26.7 Å². The lowest BCUT2D eigenvalue weighted by molar-refractivity contribution is -0.665. The Kier molecular flexibility index (Phi) is 5.82. The molecule has 0 aliphatic carbocycles. The fourth-order valence-electron chi connectivity index (χ4n) is 2.36. The molecule has 0 atom stereocenters. The van der Waals surface area contributed by atoms with Crippen LogP contribution in [-0.4, -0.2) is 50.2 Å². The van der Waals surface area contributed by atoms with Gasteiger partial charge in [0.25, 0.3) is 0 Å². The largest absolute Gasteiger partial charge is 0.456 e. The highest BCUT2D eigenvalue weighted by atomic mass is 16.6. The number of ether oxygens (including phenoxy) is 1. The number of hydrogen-bond acceptors (Lipinski definition) is 3. The van der Waals surface area contributed by atoms with Crippen molar-refractivity contribution >= 4 is 5.97 Å². The van der Waals surface area contributed by atoms with Gasteiger partial charge in [0.1, 0.15) is 5.60 Å². The summed E-state index contributed by atoms with van der Waals surface area (Å²) in [5.74, 6) is 0.255. The monoisotopic (exact) mass is 255 g/mol. The first-order valence-corrected chi connectivity index (χ1v) is 6.77. The minimum Gasteiger partial charge on any atom is -0.456 e. The first-order chi connectivity index (χ1) is 8.42. The summed E-state index contributed by atoms with van der Waals surface area (Å²) in [5, 5.41) is 2.32. The number of carbonyl (C=O) groups excluding carboxylic acids is 1. The predicted octanol–water partition coefficient (Wildman–Crippen LogP) is 0.399. The summed E-state index contributed by atoms with van der Waals surface area (Å²) < 4.78 is 5.60. The third-order valence-corrected chi connectivity index (χ3v) is 3.51. The van der Waals surface area contributed by atoms with Crippen molar-refractivity contribution in [2.45, 2.75) is 32.3 Å². The Labute approximate surface area is 110 Å². The number of nitrogens with two attached hydrogens (primary N) is 1. The van der Waals surface area contributed by atoms with Crippen molar-refractivity contribution in [3.8, 4) is 0 Å². The lowest BCUT2D eigenvalue weighted by atomic mass is 9.83. The van der Waals surface area contributed by atoms with Gasteiger partial charge in [0, 0.05) is 31.4 Å². The molecule has 4 nitrogen and oxygen atoms in total. The van der Waals surface area contributed by atoms with Gasteiger partial charge in [-0.2, -0.15) is 0 Å². The van der Waals surface area contributed by atoms with Gasteiger partial charge in [-0.1, -0.05) is 6.08 Å². The van der Waals surface area contributed by atoms with Crippen molar-refractivity contribution < 1.29 is 14.8 Å². The maximum Gasteiger partial charge on any atom is 0.331 e. The molecule has 0 bridgehead atoms. The van der Waals surface area contributed by atoms with Crippen LogP contribution in [0.2, 0.25) is 0 Å². The van der Waals surface area contributed by atoms with Crippen LogP contribution in [0.3, 0.4) is 0 Å². The molecule has 1 heterocycles. The van der Waals surface area contributed by atoms with Crippen molar-refractivity contribution in [1.29, 1.82) is 0 Å². The maximum atomic E-state index is 11.7. The normalized spacial score (nSPS) is 18.5. The second kappa shape index (κ2) is 6.90. The van der Waals surface area contributed by atoms with Gasteiger partial charge in [-0.05, 0) is 27.9 Å². The summed E-state index contributed by atoms with van der Waals surface area (Å²) in [4.78, 5) is 13.8. The van der Waals surface area contributed by atoms with Gasteiger partial charge < -0.3 is 15.0 Å². The molecular weight excluding hydrogens is 228 g/mol. The average Bonchev–Trinajstić information content (AvgIpc) is 2.29. The van der Waals surface area contributed by atoms with Gasteiger partial charge in [-0.15, -0.1) is 0 Å². The number of hydrogen-bond donors (Lipinski definition) is 1. The Morgan fingerprint density at radius 1 is 1.39 bits per heavy atom. The van der Waals surface area contributed by atoms with E-state index in [0.717, 1.165) is 32.5 Å². The summed E-state index contributed by atoms with van der Waals surface area (Å²) >= 11 is 0. The van der Waals surface area contributed by atoms with E-state index in [0.29, 0.717) is 5.92 Å². The molecule has 1 saturated heterocycles. The fraction of sp³-hybridized carbons (Fsp3) is 0.786. The minimum atomic E-state index is -0.353. The maximum absolute atomic E-state index is 11.7. The number of carbonyl (C=O) groups is 1. The first-order valence-electron chi connectivity index (χ1n) is 6.77. The van der Waals surface area contributed by atoms with Crippen LogP contribution in [0.15, 0.2) is 12.2 Å². The Bertz CT molecular complexity index is 292. The zero-order valence-electron chi connectivity index (χ0n) is 12.1. The van der Waals surface area contributed by atoms with Gasteiger partial charge in [0.15, 0.2) is 0 Å². The molecule has 104 valence electrons. The summed E-state index contributed by atoms with van der Waals surface area (Å²) in [7, 11) is 3.94. The molecule has 2 N–H and O–H groups in total. The van der Waals surface area contributed by atoms with E-state index in [1.165, 1.54) is 6.08 Å². The van der Waals surface area contributed by atoms with Crippen LogP contribution in [0.25, 0.3) is 0 Å². The third-order valence-electron chi connectivity index (χ3n) is 3.51. The number of piperidine rings is 1.